The molecule has 0 saturated carbocycles. The maximum Gasteiger partial charge on any atom is 0.0640 e. The molecule has 10 aromatic carbocycles. The van der Waals surface area contributed by atoms with Crippen molar-refractivity contribution in [3.05, 3.63) is 224 Å². The molecule has 1 nitrogen and oxygen atoms in total. The zero-order valence-corrected chi connectivity index (χ0v) is 32.5. The van der Waals surface area contributed by atoms with Crippen molar-refractivity contribution in [3.8, 4) is 44.5 Å². The van der Waals surface area contributed by atoms with Crippen molar-refractivity contribution < 1.29 is 0 Å². The summed E-state index contributed by atoms with van der Waals surface area (Å²) < 4.78 is 2.57. The van der Waals surface area contributed by atoms with Crippen LogP contribution in [-0.4, -0.2) is 0 Å². The smallest absolute Gasteiger partial charge is 0.0640 e. The van der Waals surface area contributed by atoms with E-state index in [1.807, 2.05) is 11.3 Å². The topological polar surface area (TPSA) is 3.24 Å². The van der Waals surface area contributed by atoms with Gasteiger partial charge in [0.2, 0.25) is 0 Å². The number of thiophene rings is 1. The van der Waals surface area contributed by atoms with Gasteiger partial charge in [-0.1, -0.05) is 188 Å². The van der Waals surface area contributed by atoms with Gasteiger partial charge in [0.1, 0.15) is 0 Å². The SMILES string of the molecule is c1ccc(-c2ccccc2N(c2cccc(-c3ccc4c(c3)c(-c3ccccc3)c(-c3ccccc3)c3ccccc34)c2)c2cccc3c2sc2ccccc23)cc1. The first-order valence-corrected chi connectivity index (χ1v) is 20.7. The highest BCUT2D eigenvalue weighted by Gasteiger charge is 2.22. The summed E-state index contributed by atoms with van der Waals surface area (Å²) in [6, 6.07) is 81.9. The highest BCUT2D eigenvalue weighted by atomic mass is 32.1. The summed E-state index contributed by atoms with van der Waals surface area (Å²) in [4.78, 5) is 2.47. The van der Waals surface area contributed by atoms with Gasteiger partial charge in [0.05, 0.1) is 16.1 Å². The zero-order chi connectivity index (χ0) is 38.4. The van der Waals surface area contributed by atoms with E-state index < -0.39 is 0 Å². The number of hydrogen-bond acceptors (Lipinski definition) is 2. The molecular formula is C56H37NS. The van der Waals surface area contributed by atoms with E-state index in [1.165, 1.54) is 91.9 Å². The fraction of sp³-hybridized carbons (Fsp3) is 0. The Kier molecular flexibility index (Phi) is 8.42. The lowest BCUT2D eigenvalue weighted by Gasteiger charge is -2.29. The van der Waals surface area contributed by atoms with Crippen molar-refractivity contribution in [1.29, 1.82) is 0 Å². The van der Waals surface area contributed by atoms with Crippen LogP contribution in [0.4, 0.5) is 17.1 Å². The Morgan fingerprint density at radius 1 is 0.293 bits per heavy atom. The lowest BCUT2D eigenvalue weighted by atomic mass is 9.84. The Hall–Kier alpha value is -7.26. The van der Waals surface area contributed by atoms with Gasteiger partial charge in [-0.2, -0.15) is 0 Å². The fourth-order valence-corrected chi connectivity index (χ4v) is 10.1. The van der Waals surface area contributed by atoms with Crippen LogP contribution in [0.1, 0.15) is 0 Å². The second-order valence-corrected chi connectivity index (χ2v) is 15.9. The van der Waals surface area contributed by atoms with Gasteiger partial charge in [0, 0.05) is 26.7 Å². The molecule has 0 unspecified atom stereocenters. The third-order valence-electron chi connectivity index (χ3n) is 11.4. The molecule has 1 aromatic heterocycles. The zero-order valence-electron chi connectivity index (χ0n) is 31.7. The van der Waals surface area contributed by atoms with Crippen LogP contribution in [0.25, 0.3) is 86.2 Å². The number of anilines is 3. The number of nitrogens with zero attached hydrogens (tertiary/aromatic N) is 1. The highest BCUT2D eigenvalue weighted by Crippen LogP contribution is 2.49. The Morgan fingerprint density at radius 3 is 1.57 bits per heavy atom. The summed E-state index contributed by atoms with van der Waals surface area (Å²) in [6.07, 6.45) is 0. The van der Waals surface area contributed by atoms with Crippen LogP contribution in [0.15, 0.2) is 224 Å². The van der Waals surface area contributed by atoms with Crippen molar-refractivity contribution in [1.82, 2.24) is 0 Å². The first kappa shape index (κ1) is 34.0. The number of rotatable bonds is 7. The molecule has 0 aliphatic carbocycles. The predicted molar refractivity (Wildman–Crippen MR) is 251 cm³/mol. The minimum atomic E-state index is 1.11. The molecule has 0 amide bonds. The summed E-state index contributed by atoms with van der Waals surface area (Å²) in [6.45, 7) is 0. The van der Waals surface area contributed by atoms with Gasteiger partial charge >= 0.3 is 0 Å². The maximum absolute atomic E-state index is 2.47. The minimum absolute atomic E-state index is 1.11. The normalized spacial score (nSPS) is 11.4. The molecule has 0 N–H and O–H groups in total. The lowest BCUT2D eigenvalue weighted by molar-refractivity contribution is 1.30. The lowest BCUT2D eigenvalue weighted by Crippen LogP contribution is -2.11. The molecule has 11 rings (SSSR count). The summed E-state index contributed by atoms with van der Waals surface area (Å²) in [5.74, 6) is 0. The van der Waals surface area contributed by atoms with Crippen molar-refractivity contribution in [2.24, 2.45) is 0 Å². The third kappa shape index (κ3) is 5.77. The van der Waals surface area contributed by atoms with Crippen LogP contribution in [0, 0.1) is 0 Å². The van der Waals surface area contributed by atoms with Crippen molar-refractivity contribution in [3.63, 3.8) is 0 Å². The fourth-order valence-electron chi connectivity index (χ4n) is 8.85. The number of para-hydroxylation sites is 1. The number of hydrogen-bond donors (Lipinski definition) is 0. The van der Waals surface area contributed by atoms with Gasteiger partial charge in [-0.3, -0.25) is 0 Å². The Morgan fingerprint density at radius 2 is 0.810 bits per heavy atom. The van der Waals surface area contributed by atoms with Crippen molar-refractivity contribution in [2.45, 2.75) is 0 Å². The van der Waals surface area contributed by atoms with Crippen LogP contribution in [0.2, 0.25) is 0 Å². The molecule has 58 heavy (non-hydrogen) atoms. The second-order valence-electron chi connectivity index (χ2n) is 14.8. The first-order valence-electron chi connectivity index (χ1n) is 19.8. The average molecular weight is 756 g/mol. The van der Waals surface area contributed by atoms with Crippen LogP contribution in [-0.2, 0) is 0 Å². The summed E-state index contributed by atoms with van der Waals surface area (Å²) in [7, 11) is 0. The molecule has 0 spiro atoms. The van der Waals surface area contributed by atoms with Gasteiger partial charge in [-0.15, -0.1) is 11.3 Å². The van der Waals surface area contributed by atoms with Crippen LogP contribution < -0.4 is 4.90 Å². The molecule has 272 valence electrons. The van der Waals surface area contributed by atoms with E-state index in [0.29, 0.717) is 0 Å². The molecule has 0 bridgehead atoms. The van der Waals surface area contributed by atoms with Gasteiger partial charge in [-0.25, -0.2) is 0 Å². The molecule has 1 heterocycles. The van der Waals surface area contributed by atoms with E-state index in [2.05, 4.69) is 229 Å². The summed E-state index contributed by atoms with van der Waals surface area (Å²) in [5.41, 5.74) is 13.1. The largest absolute Gasteiger partial charge is 0.308 e. The summed E-state index contributed by atoms with van der Waals surface area (Å²) >= 11 is 1.87. The Labute approximate surface area is 342 Å². The van der Waals surface area contributed by atoms with E-state index in [9.17, 15) is 0 Å². The highest BCUT2D eigenvalue weighted by molar-refractivity contribution is 7.26. The van der Waals surface area contributed by atoms with Gasteiger partial charge in [-0.05, 0) is 96.9 Å². The standard InChI is InChI=1S/C56H37NS/c1-4-18-38(19-5-1)44-26-12-14-31-51(44)57(52-32-17-30-49-47-28-13-15-33-53(47)58-56(49)52)43-25-16-24-41(36-43)42-34-35-46-45-27-10-11-29-48(45)54(39-20-6-2-7-21-39)55(50(46)37-42)40-22-8-3-9-23-40/h1-37H. The van der Waals surface area contributed by atoms with Crippen LogP contribution >= 0.6 is 11.3 Å². The molecule has 0 radical (unpaired) electrons. The van der Waals surface area contributed by atoms with Gasteiger partial charge < -0.3 is 4.90 Å². The predicted octanol–water partition coefficient (Wildman–Crippen LogP) is 16.5. The quantitative estimate of drug-likeness (QED) is 0.146. The van der Waals surface area contributed by atoms with E-state index in [1.54, 1.807) is 0 Å². The molecule has 0 atom stereocenters. The molecule has 2 heteroatoms. The number of benzene rings is 10. The van der Waals surface area contributed by atoms with Crippen LogP contribution in [0.3, 0.4) is 0 Å². The monoisotopic (exact) mass is 755 g/mol. The maximum atomic E-state index is 2.47. The molecule has 0 saturated heterocycles. The molecule has 11 aromatic rings. The number of fused-ring (bicyclic) bond motifs is 6. The first-order chi connectivity index (χ1) is 28.8. The molecule has 0 aliphatic rings. The molecular weight excluding hydrogens is 719 g/mol. The average Bonchev–Trinajstić information content (AvgIpc) is 3.69. The van der Waals surface area contributed by atoms with E-state index in [-0.39, 0.29) is 0 Å². The van der Waals surface area contributed by atoms with E-state index in [0.717, 1.165) is 11.4 Å². The minimum Gasteiger partial charge on any atom is -0.308 e. The van der Waals surface area contributed by atoms with Gasteiger partial charge in [0.25, 0.3) is 0 Å². The van der Waals surface area contributed by atoms with E-state index in [4.69, 9.17) is 0 Å². The van der Waals surface area contributed by atoms with Crippen molar-refractivity contribution >= 4 is 70.1 Å². The second kappa shape index (κ2) is 14.4. The third-order valence-corrected chi connectivity index (χ3v) is 12.7. The Bertz CT molecular complexity index is 3270. The molecule has 0 aliphatic heterocycles. The van der Waals surface area contributed by atoms with Gasteiger partial charge in [0.15, 0.2) is 0 Å². The van der Waals surface area contributed by atoms with E-state index >= 15 is 0 Å². The van der Waals surface area contributed by atoms with Crippen molar-refractivity contribution in [2.75, 3.05) is 4.90 Å². The van der Waals surface area contributed by atoms with Crippen LogP contribution in [0.5, 0.6) is 0 Å². The Balaban J connectivity index is 1.16. The summed E-state index contributed by atoms with van der Waals surface area (Å²) in [5, 5.41) is 7.59. The molecule has 0 fully saturated rings.